The lowest BCUT2D eigenvalue weighted by atomic mass is 10.1. The fraction of sp³-hybridized carbons (Fsp3) is 0.409. The largest absolute Gasteiger partial charge is 0.506 e. The minimum Gasteiger partial charge on any atom is -0.453 e. The summed E-state index contributed by atoms with van der Waals surface area (Å²) in [6.07, 6.45) is 0.306. The summed E-state index contributed by atoms with van der Waals surface area (Å²) in [5.41, 5.74) is 2.08. The second-order valence-corrected chi connectivity index (χ2v) is 7.25. The van der Waals surface area contributed by atoms with Crippen LogP contribution in [0.25, 0.3) is 0 Å². The van der Waals surface area contributed by atoms with Crippen molar-refractivity contribution in [2.75, 3.05) is 44.3 Å². The number of fused-ring (bicyclic) bond motifs is 2. The van der Waals surface area contributed by atoms with Gasteiger partial charge in [0, 0.05) is 19.6 Å². The SMILES string of the molecule is O=C(O)O[C@@H]1CCCN(CCOCCN2c3ccccc3Oc3ccccc32)C1. The number of nitrogens with zero attached hydrogens (tertiary/aromatic N) is 2. The summed E-state index contributed by atoms with van der Waals surface area (Å²) in [4.78, 5) is 15.2. The molecule has 1 fully saturated rings. The number of para-hydroxylation sites is 4. The number of hydrogen-bond acceptors (Lipinski definition) is 6. The Hall–Kier alpha value is -2.77. The summed E-state index contributed by atoms with van der Waals surface area (Å²) >= 11 is 0. The molecule has 0 amide bonds. The molecular formula is C22H26N2O5. The fourth-order valence-electron chi connectivity index (χ4n) is 3.93. The number of anilines is 2. The van der Waals surface area contributed by atoms with Crippen molar-refractivity contribution in [1.29, 1.82) is 0 Å². The predicted octanol–water partition coefficient (Wildman–Crippen LogP) is 4.11. The number of piperidine rings is 1. The van der Waals surface area contributed by atoms with Crippen molar-refractivity contribution in [2.24, 2.45) is 0 Å². The molecule has 2 aliphatic heterocycles. The molecule has 0 aromatic heterocycles. The van der Waals surface area contributed by atoms with Gasteiger partial charge in [-0.2, -0.15) is 0 Å². The first kappa shape index (κ1) is 19.5. The van der Waals surface area contributed by atoms with Crippen molar-refractivity contribution in [3.8, 4) is 11.5 Å². The first-order chi connectivity index (χ1) is 14.2. The third kappa shape index (κ3) is 4.81. The molecule has 2 heterocycles. The van der Waals surface area contributed by atoms with E-state index >= 15 is 0 Å². The smallest absolute Gasteiger partial charge is 0.453 e. The summed E-state index contributed by atoms with van der Waals surface area (Å²) in [6.45, 7) is 4.28. The van der Waals surface area contributed by atoms with E-state index in [0.29, 0.717) is 19.8 Å². The lowest BCUT2D eigenvalue weighted by Gasteiger charge is -2.33. The third-order valence-electron chi connectivity index (χ3n) is 5.27. The molecule has 0 spiro atoms. The lowest BCUT2D eigenvalue weighted by molar-refractivity contribution is 0.00621. The molecule has 0 aliphatic carbocycles. The normalized spacial score (nSPS) is 18.5. The average Bonchev–Trinajstić information content (AvgIpc) is 2.72. The Morgan fingerprint density at radius 1 is 1.03 bits per heavy atom. The zero-order valence-corrected chi connectivity index (χ0v) is 16.3. The van der Waals surface area contributed by atoms with Crippen LogP contribution in [0.4, 0.5) is 16.2 Å². The minimum absolute atomic E-state index is 0.234. The van der Waals surface area contributed by atoms with Crippen LogP contribution in [0.15, 0.2) is 48.5 Å². The van der Waals surface area contributed by atoms with Gasteiger partial charge in [-0.3, -0.25) is 4.90 Å². The molecule has 1 saturated heterocycles. The second kappa shape index (κ2) is 9.15. The van der Waals surface area contributed by atoms with E-state index in [2.05, 4.69) is 21.9 Å². The first-order valence-corrected chi connectivity index (χ1v) is 10.0. The molecule has 0 radical (unpaired) electrons. The van der Waals surface area contributed by atoms with Crippen LogP contribution < -0.4 is 9.64 Å². The quantitative estimate of drug-likeness (QED) is 0.556. The van der Waals surface area contributed by atoms with Crippen molar-refractivity contribution in [2.45, 2.75) is 18.9 Å². The highest BCUT2D eigenvalue weighted by atomic mass is 16.7. The Labute approximate surface area is 170 Å². The van der Waals surface area contributed by atoms with Crippen molar-refractivity contribution in [3.63, 3.8) is 0 Å². The van der Waals surface area contributed by atoms with Crippen LogP contribution in [-0.2, 0) is 9.47 Å². The summed E-state index contributed by atoms with van der Waals surface area (Å²) in [5.74, 6) is 1.70. The number of carboxylic acid groups (broad SMARTS) is 1. The first-order valence-electron chi connectivity index (χ1n) is 10.0. The van der Waals surface area contributed by atoms with Crippen molar-refractivity contribution in [3.05, 3.63) is 48.5 Å². The lowest BCUT2D eigenvalue weighted by Crippen LogP contribution is -2.42. The Morgan fingerprint density at radius 3 is 2.38 bits per heavy atom. The molecule has 1 atom stereocenters. The molecule has 0 unspecified atom stereocenters. The van der Waals surface area contributed by atoms with Crippen molar-refractivity contribution < 1.29 is 24.1 Å². The molecule has 154 valence electrons. The standard InChI is InChI=1S/C22H26N2O5/c25-22(26)28-17-6-5-11-23(16-17)12-14-27-15-13-24-18-7-1-3-9-20(18)29-21-10-4-2-8-19(21)24/h1-4,7-10,17H,5-6,11-16H2,(H,25,26)/t17-/m1/s1. The molecule has 29 heavy (non-hydrogen) atoms. The van der Waals surface area contributed by atoms with Gasteiger partial charge in [0.1, 0.15) is 6.10 Å². The monoisotopic (exact) mass is 398 g/mol. The van der Waals surface area contributed by atoms with E-state index in [9.17, 15) is 4.79 Å². The zero-order chi connectivity index (χ0) is 20.1. The van der Waals surface area contributed by atoms with Crippen LogP contribution in [0.1, 0.15) is 12.8 Å². The van der Waals surface area contributed by atoms with Crippen molar-refractivity contribution in [1.82, 2.24) is 4.90 Å². The Morgan fingerprint density at radius 2 is 1.69 bits per heavy atom. The third-order valence-corrected chi connectivity index (χ3v) is 5.27. The minimum atomic E-state index is -1.20. The molecule has 0 saturated carbocycles. The van der Waals surface area contributed by atoms with Gasteiger partial charge in [-0.05, 0) is 43.7 Å². The fourth-order valence-corrected chi connectivity index (χ4v) is 3.93. The Balaban J connectivity index is 1.28. The van der Waals surface area contributed by atoms with E-state index in [4.69, 9.17) is 19.3 Å². The highest BCUT2D eigenvalue weighted by Gasteiger charge is 2.24. The maximum absolute atomic E-state index is 10.7. The number of likely N-dealkylation sites (tertiary alicyclic amines) is 1. The second-order valence-electron chi connectivity index (χ2n) is 7.25. The van der Waals surface area contributed by atoms with Crippen LogP contribution in [0.5, 0.6) is 11.5 Å². The number of hydrogen-bond donors (Lipinski definition) is 1. The van der Waals surface area contributed by atoms with E-state index in [1.165, 1.54) is 0 Å². The van der Waals surface area contributed by atoms with Crippen LogP contribution in [0.3, 0.4) is 0 Å². The van der Waals surface area contributed by atoms with E-state index in [-0.39, 0.29) is 6.10 Å². The molecule has 2 aromatic carbocycles. The van der Waals surface area contributed by atoms with Gasteiger partial charge in [0.15, 0.2) is 11.5 Å². The zero-order valence-electron chi connectivity index (χ0n) is 16.3. The topological polar surface area (TPSA) is 71.5 Å². The highest BCUT2D eigenvalue weighted by molar-refractivity contribution is 5.77. The van der Waals surface area contributed by atoms with Gasteiger partial charge in [-0.15, -0.1) is 0 Å². The van der Waals surface area contributed by atoms with Gasteiger partial charge in [0.05, 0.1) is 24.6 Å². The van der Waals surface area contributed by atoms with Gasteiger partial charge in [0.25, 0.3) is 0 Å². The van der Waals surface area contributed by atoms with Gasteiger partial charge in [-0.25, -0.2) is 4.79 Å². The molecule has 1 N–H and O–H groups in total. The summed E-state index contributed by atoms with van der Waals surface area (Å²) in [7, 11) is 0. The number of rotatable bonds is 7. The van der Waals surface area contributed by atoms with Crippen LogP contribution in [-0.4, -0.2) is 61.7 Å². The maximum atomic E-state index is 10.7. The van der Waals surface area contributed by atoms with E-state index < -0.39 is 6.16 Å². The van der Waals surface area contributed by atoms with Crippen LogP contribution >= 0.6 is 0 Å². The molecular weight excluding hydrogens is 372 g/mol. The van der Waals surface area contributed by atoms with Gasteiger partial charge in [0.2, 0.25) is 0 Å². The molecule has 7 nitrogen and oxygen atoms in total. The number of ether oxygens (including phenoxy) is 3. The van der Waals surface area contributed by atoms with Crippen LogP contribution in [0.2, 0.25) is 0 Å². The van der Waals surface area contributed by atoms with E-state index in [0.717, 1.165) is 55.3 Å². The number of carbonyl (C=O) groups is 1. The highest BCUT2D eigenvalue weighted by Crippen LogP contribution is 2.45. The van der Waals surface area contributed by atoms with Gasteiger partial charge < -0.3 is 24.2 Å². The summed E-state index contributed by atoms with van der Waals surface area (Å²) < 4.78 is 16.8. The summed E-state index contributed by atoms with van der Waals surface area (Å²) in [5, 5.41) is 8.78. The molecule has 7 heteroatoms. The molecule has 0 bridgehead atoms. The molecule has 4 rings (SSSR count). The van der Waals surface area contributed by atoms with E-state index in [1.54, 1.807) is 0 Å². The molecule has 2 aromatic rings. The Kier molecular flexibility index (Phi) is 6.17. The molecule has 2 aliphatic rings. The average molecular weight is 398 g/mol. The number of benzene rings is 2. The predicted molar refractivity (Wildman–Crippen MR) is 109 cm³/mol. The van der Waals surface area contributed by atoms with Gasteiger partial charge >= 0.3 is 6.16 Å². The maximum Gasteiger partial charge on any atom is 0.506 e. The summed E-state index contributed by atoms with van der Waals surface area (Å²) in [6, 6.07) is 16.0. The Bertz CT molecular complexity index is 798. The van der Waals surface area contributed by atoms with Gasteiger partial charge in [-0.1, -0.05) is 24.3 Å². The van der Waals surface area contributed by atoms with Crippen LogP contribution in [0, 0.1) is 0 Å². The van der Waals surface area contributed by atoms with E-state index in [1.807, 2.05) is 36.4 Å². The van der Waals surface area contributed by atoms with Crippen molar-refractivity contribution >= 4 is 17.5 Å².